The second-order valence-electron chi connectivity index (χ2n) is 4.18. The van der Waals surface area contributed by atoms with Crippen LogP contribution in [0.4, 0.5) is 0 Å². The van der Waals surface area contributed by atoms with Crippen molar-refractivity contribution in [2.24, 2.45) is 5.73 Å². The van der Waals surface area contributed by atoms with Gasteiger partial charge in [-0.15, -0.1) is 0 Å². The number of nitrogens with two attached hydrogens (primary N) is 1. The Morgan fingerprint density at radius 2 is 1.94 bits per heavy atom. The normalized spacial score (nSPS) is 10.9. The molecule has 0 aliphatic rings. The minimum Gasteiger partial charge on any atom is -0.508 e. The highest BCUT2D eigenvalue weighted by Crippen LogP contribution is 2.30. The van der Waals surface area contributed by atoms with E-state index in [1.165, 1.54) is 0 Å². The summed E-state index contributed by atoms with van der Waals surface area (Å²) in [6.07, 6.45) is 1.64. The Bertz CT molecular complexity index is 687. The fraction of sp³-hybridized carbons (Fsp3) is 0.0667. The molecule has 3 nitrogen and oxygen atoms in total. The van der Waals surface area contributed by atoms with Gasteiger partial charge in [0.2, 0.25) is 0 Å². The fourth-order valence-electron chi connectivity index (χ4n) is 2.18. The van der Waals surface area contributed by atoms with Gasteiger partial charge in [0.1, 0.15) is 11.5 Å². The van der Waals surface area contributed by atoms with Crippen molar-refractivity contribution in [2.75, 3.05) is 0 Å². The topological polar surface area (TPSA) is 59.4 Å². The van der Waals surface area contributed by atoms with Crippen LogP contribution in [-0.2, 0) is 6.54 Å². The first kappa shape index (κ1) is 10.9. The van der Waals surface area contributed by atoms with Crippen molar-refractivity contribution in [2.45, 2.75) is 6.54 Å². The molecule has 3 aromatic rings. The molecule has 0 bridgehead atoms. The van der Waals surface area contributed by atoms with Gasteiger partial charge in [-0.25, -0.2) is 0 Å². The maximum atomic E-state index is 9.83. The molecule has 0 fully saturated rings. The van der Waals surface area contributed by atoms with Gasteiger partial charge >= 0.3 is 0 Å². The Morgan fingerprint density at radius 1 is 1.11 bits per heavy atom. The first-order chi connectivity index (χ1) is 8.79. The number of hydrogen-bond donors (Lipinski definition) is 2. The lowest BCUT2D eigenvalue weighted by molar-refractivity contribution is 0.469. The van der Waals surface area contributed by atoms with E-state index in [2.05, 4.69) is 0 Å². The van der Waals surface area contributed by atoms with E-state index in [0.29, 0.717) is 6.54 Å². The number of hydrogen-bond acceptors (Lipinski definition) is 3. The standard InChI is InChI=1S/C15H13NO2/c16-9-13-12-8-11(15-2-1-7-18-15)4-3-10(12)5-6-14(13)17/h1-8,17H,9,16H2. The minimum absolute atomic E-state index is 0.238. The van der Waals surface area contributed by atoms with Gasteiger partial charge in [0.05, 0.1) is 6.26 Å². The SMILES string of the molecule is NCc1c(O)ccc2ccc(-c3ccco3)cc12. The zero-order valence-corrected chi connectivity index (χ0v) is 9.76. The Morgan fingerprint density at radius 3 is 2.67 bits per heavy atom. The summed E-state index contributed by atoms with van der Waals surface area (Å²) in [5, 5.41) is 11.8. The molecule has 90 valence electrons. The number of fused-ring (bicyclic) bond motifs is 1. The van der Waals surface area contributed by atoms with Crippen LogP contribution < -0.4 is 5.73 Å². The van der Waals surface area contributed by atoms with Crippen molar-refractivity contribution in [1.29, 1.82) is 0 Å². The van der Waals surface area contributed by atoms with Gasteiger partial charge in [0.25, 0.3) is 0 Å². The fourth-order valence-corrected chi connectivity index (χ4v) is 2.18. The van der Waals surface area contributed by atoms with Crippen LogP contribution >= 0.6 is 0 Å². The van der Waals surface area contributed by atoms with Crippen molar-refractivity contribution < 1.29 is 9.52 Å². The second kappa shape index (κ2) is 4.20. The van der Waals surface area contributed by atoms with E-state index >= 15 is 0 Å². The van der Waals surface area contributed by atoms with Gasteiger partial charge < -0.3 is 15.3 Å². The lowest BCUT2D eigenvalue weighted by Gasteiger charge is -2.08. The van der Waals surface area contributed by atoms with E-state index in [9.17, 15) is 5.11 Å². The molecule has 3 heteroatoms. The van der Waals surface area contributed by atoms with Crippen molar-refractivity contribution >= 4 is 10.8 Å². The third-order valence-electron chi connectivity index (χ3n) is 3.12. The zero-order chi connectivity index (χ0) is 12.5. The highest BCUT2D eigenvalue weighted by atomic mass is 16.3. The molecular weight excluding hydrogens is 226 g/mol. The highest BCUT2D eigenvalue weighted by Gasteiger charge is 2.08. The van der Waals surface area contributed by atoms with E-state index in [0.717, 1.165) is 27.7 Å². The predicted octanol–water partition coefficient (Wildman–Crippen LogP) is 3.26. The quantitative estimate of drug-likeness (QED) is 0.721. The van der Waals surface area contributed by atoms with Crippen molar-refractivity contribution in [3.63, 3.8) is 0 Å². The van der Waals surface area contributed by atoms with Crippen LogP contribution in [0.25, 0.3) is 22.1 Å². The van der Waals surface area contributed by atoms with E-state index in [1.54, 1.807) is 12.3 Å². The van der Waals surface area contributed by atoms with Crippen LogP contribution in [0.15, 0.2) is 53.1 Å². The lowest BCUT2D eigenvalue weighted by Crippen LogP contribution is -1.97. The van der Waals surface area contributed by atoms with Crippen LogP contribution in [0.1, 0.15) is 5.56 Å². The molecule has 0 amide bonds. The molecule has 2 aromatic carbocycles. The average Bonchev–Trinajstić information content (AvgIpc) is 2.92. The lowest BCUT2D eigenvalue weighted by atomic mass is 10.00. The summed E-state index contributed by atoms with van der Waals surface area (Å²) in [6.45, 7) is 0.310. The summed E-state index contributed by atoms with van der Waals surface area (Å²) in [5.41, 5.74) is 7.45. The van der Waals surface area contributed by atoms with E-state index in [1.807, 2.05) is 36.4 Å². The van der Waals surface area contributed by atoms with Gasteiger partial charge in [-0.2, -0.15) is 0 Å². The van der Waals surface area contributed by atoms with E-state index in [-0.39, 0.29) is 5.75 Å². The molecule has 0 spiro atoms. The highest BCUT2D eigenvalue weighted by molar-refractivity contribution is 5.91. The maximum Gasteiger partial charge on any atom is 0.133 e. The van der Waals surface area contributed by atoms with Crippen LogP contribution in [0.2, 0.25) is 0 Å². The molecule has 0 saturated heterocycles. The summed E-state index contributed by atoms with van der Waals surface area (Å²) in [5.74, 6) is 1.05. The van der Waals surface area contributed by atoms with Gasteiger partial charge in [0.15, 0.2) is 0 Å². The molecule has 0 saturated carbocycles. The molecule has 0 aliphatic carbocycles. The third kappa shape index (κ3) is 1.65. The Balaban J connectivity index is 2.27. The van der Waals surface area contributed by atoms with Gasteiger partial charge in [-0.3, -0.25) is 0 Å². The van der Waals surface area contributed by atoms with Gasteiger partial charge in [-0.05, 0) is 35.0 Å². The molecule has 0 radical (unpaired) electrons. The molecule has 1 aromatic heterocycles. The number of aromatic hydroxyl groups is 1. The number of furan rings is 1. The van der Waals surface area contributed by atoms with Crippen LogP contribution in [0, 0.1) is 0 Å². The Labute approximate surface area is 104 Å². The summed E-state index contributed by atoms with van der Waals surface area (Å²) in [4.78, 5) is 0. The molecule has 1 heterocycles. The van der Waals surface area contributed by atoms with E-state index < -0.39 is 0 Å². The molecule has 18 heavy (non-hydrogen) atoms. The van der Waals surface area contributed by atoms with Gasteiger partial charge in [0, 0.05) is 17.7 Å². The molecule has 3 rings (SSSR count). The molecular formula is C15H13NO2. The van der Waals surface area contributed by atoms with Crippen molar-refractivity contribution in [1.82, 2.24) is 0 Å². The first-order valence-electron chi connectivity index (χ1n) is 5.78. The molecule has 3 N–H and O–H groups in total. The summed E-state index contributed by atoms with van der Waals surface area (Å²) < 4.78 is 5.38. The Hall–Kier alpha value is -2.26. The third-order valence-corrected chi connectivity index (χ3v) is 3.12. The number of benzene rings is 2. The Kier molecular flexibility index (Phi) is 2.54. The smallest absolute Gasteiger partial charge is 0.133 e. The largest absolute Gasteiger partial charge is 0.508 e. The molecule has 0 atom stereocenters. The van der Waals surface area contributed by atoms with Crippen LogP contribution in [-0.4, -0.2) is 5.11 Å². The monoisotopic (exact) mass is 239 g/mol. The number of phenols is 1. The van der Waals surface area contributed by atoms with Crippen molar-refractivity contribution in [3.8, 4) is 17.1 Å². The van der Waals surface area contributed by atoms with Crippen LogP contribution in [0.3, 0.4) is 0 Å². The summed E-state index contributed by atoms with van der Waals surface area (Å²) in [7, 11) is 0. The van der Waals surface area contributed by atoms with Gasteiger partial charge in [-0.1, -0.05) is 18.2 Å². The van der Waals surface area contributed by atoms with E-state index in [4.69, 9.17) is 10.2 Å². The average molecular weight is 239 g/mol. The summed E-state index contributed by atoms with van der Waals surface area (Å²) in [6, 6.07) is 13.3. The second-order valence-corrected chi connectivity index (χ2v) is 4.18. The number of phenolic OH excluding ortho intramolecular Hbond substituents is 1. The summed E-state index contributed by atoms with van der Waals surface area (Å²) >= 11 is 0. The molecule has 0 unspecified atom stereocenters. The first-order valence-corrected chi connectivity index (χ1v) is 5.78. The maximum absolute atomic E-state index is 9.83. The van der Waals surface area contributed by atoms with Crippen molar-refractivity contribution in [3.05, 3.63) is 54.3 Å². The van der Waals surface area contributed by atoms with Crippen LogP contribution in [0.5, 0.6) is 5.75 Å². The zero-order valence-electron chi connectivity index (χ0n) is 9.76. The number of rotatable bonds is 2. The predicted molar refractivity (Wildman–Crippen MR) is 71.2 cm³/mol. The minimum atomic E-state index is 0.238. The molecule has 0 aliphatic heterocycles.